The Balaban J connectivity index is 1.51. The fraction of sp³-hybridized carbons (Fsp3) is 0.250. The van der Waals surface area contributed by atoms with Gasteiger partial charge in [-0.3, -0.25) is 9.78 Å². The number of hydrogen-bond acceptors (Lipinski definition) is 3. The molecule has 126 valence electrons. The van der Waals surface area contributed by atoms with Crippen molar-refractivity contribution < 1.29 is 4.79 Å². The quantitative estimate of drug-likeness (QED) is 0.729. The molecule has 2 aromatic heterocycles. The fourth-order valence-corrected chi connectivity index (χ4v) is 3.45. The van der Waals surface area contributed by atoms with E-state index in [-0.39, 0.29) is 5.91 Å². The molecular weight excluding hydrogens is 312 g/mol. The van der Waals surface area contributed by atoms with Gasteiger partial charge in [-0.1, -0.05) is 37.1 Å². The summed E-state index contributed by atoms with van der Waals surface area (Å²) >= 11 is 0. The Morgan fingerprint density at radius 3 is 2.84 bits per heavy atom. The van der Waals surface area contributed by atoms with Crippen LogP contribution in [0.1, 0.15) is 37.3 Å². The van der Waals surface area contributed by atoms with Crippen LogP contribution < -0.4 is 5.32 Å². The second kappa shape index (κ2) is 6.89. The lowest BCUT2D eigenvalue weighted by Gasteiger charge is -2.13. The van der Waals surface area contributed by atoms with E-state index in [0.29, 0.717) is 6.04 Å². The summed E-state index contributed by atoms with van der Waals surface area (Å²) in [7, 11) is 0. The van der Waals surface area contributed by atoms with Gasteiger partial charge in [-0.2, -0.15) is 5.10 Å². The smallest absolute Gasteiger partial charge is 0.249 e. The molecule has 0 atom stereocenters. The highest BCUT2D eigenvalue weighted by Crippen LogP contribution is 2.31. The summed E-state index contributed by atoms with van der Waals surface area (Å²) < 4.78 is 1.94. The first kappa shape index (κ1) is 15.6. The number of para-hydroxylation sites is 1. The van der Waals surface area contributed by atoms with Crippen LogP contribution >= 0.6 is 0 Å². The van der Waals surface area contributed by atoms with Gasteiger partial charge in [-0.05, 0) is 25.0 Å². The van der Waals surface area contributed by atoms with Gasteiger partial charge >= 0.3 is 0 Å². The SMILES string of the molecule is O=C(/C=C/c1cccc2cccnc12)Nc1ccnn1C1CCCC1. The second-order valence-electron chi connectivity index (χ2n) is 6.34. The molecular formula is C20H20N4O. The minimum absolute atomic E-state index is 0.160. The van der Waals surface area contributed by atoms with E-state index < -0.39 is 0 Å². The van der Waals surface area contributed by atoms with Crippen molar-refractivity contribution in [3.05, 3.63) is 60.4 Å². The molecule has 1 aliphatic carbocycles. The number of pyridine rings is 1. The number of benzene rings is 1. The normalized spacial score (nSPS) is 15.2. The summed E-state index contributed by atoms with van der Waals surface area (Å²) in [5.41, 5.74) is 1.82. The molecule has 1 N–H and O–H groups in total. The predicted molar refractivity (Wildman–Crippen MR) is 99.1 cm³/mol. The Hall–Kier alpha value is -2.95. The van der Waals surface area contributed by atoms with Crippen molar-refractivity contribution in [2.45, 2.75) is 31.7 Å². The Labute approximate surface area is 146 Å². The highest BCUT2D eigenvalue weighted by atomic mass is 16.1. The zero-order valence-electron chi connectivity index (χ0n) is 13.9. The van der Waals surface area contributed by atoms with Crippen LogP contribution in [0.5, 0.6) is 0 Å². The molecule has 0 bridgehead atoms. The molecule has 1 fully saturated rings. The number of amides is 1. The van der Waals surface area contributed by atoms with Crippen molar-refractivity contribution in [3.8, 4) is 0 Å². The molecule has 0 saturated heterocycles. The van der Waals surface area contributed by atoms with E-state index in [1.165, 1.54) is 12.8 Å². The van der Waals surface area contributed by atoms with Gasteiger partial charge in [0.2, 0.25) is 5.91 Å². The number of hydrogen-bond donors (Lipinski definition) is 1. The molecule has 0 unspecified atom stereocenters. The molecule has 0 radical (unpaired) electrons. The number of nitrogens with one attached hydrogen (secondary N) is 1. The third-order valence-corrected chi connectivity index (χ3v) is 4.67. The van der Waals surface area contributed by atoms with E-state index in [2.05, 4.69) is 15.4 Å². The zero-order chi connectivity index (χ0) is 17.1. The van der Waals surface area contributed by atoms with E-state index >= 15 is 0 Å². The molecule has 4 rings (SSSR count). The molecule has 1 saturated carbocycles. The van der Waals surface area contributed by atoms with E-state index in [1.54, 1.807) is 24.5 Å². The summed E-state index contributed by atoms with van der Waals surface area (Å²) in [6.07, 6.45) is 11.6. The zero-order valence-corrected chi connectivity index (χ0v) is 13.9. The van der Waals surface area contributed by atoms with E-state index in [0.717, 1.165) is 35.1 Å². The van der Waals surface area contributed by atoms with Gasteiger partial charge in [0.25, 0.3) is 0 Å². The van der Waals surface area contributed by atoms with Crippen molar-refractivity contribution >= 4 is 28.7 Å². The van der Waals surface area contributed by atoms with Gasteiger partial charge in [0, 0.05) is 29.3 Å². The highest BCUT2D eigenvalue weighted by Gasteiger charge is 2.20. The standard InChI is InChI=1S/C20H20N4O/c25-19(23-18-12-14-22-24(18)17-8-1-2-9-17)11-10-16-6-3-5-15-7-4-13-21-20(15)16/h3-7,10-14,17H,1-2,8-9H2,(H,23,25)/b11-10+. The van der Waals surface area contributed by atoms with Crippen molar-refractivity contribution in [3.63, 3.8) is 0 Å². The average Bonchev–Trinajstić information content (AvgIpc) is 3.31. The summed E-state index contributed by atoms with van der Waals surface area (Å²) in [6, 6.07) is 12.1. The van der Waals surface area contributed by atoms with E-state index in [9.17, 15) is 4.79 Å². The van der Waals surface area contributed by atoms with Gasteiger partial charge < -0.3 is 5.32 Å². The Morgan fingerprint density at radius 2 is 1.96 bits per heavy atom. The maximum absolute atomic E-state index is 12.3. The maximum atomic E-state index is 12.3. The molecule has 3 aromatic rings. The number of fused-ring (bicyclic) bond motifs is 1. The number of aromatic nitrogens is 3. The maximum Gasteiger partial charge on any atom is 0.249 e. The van der Waals surface area contributed by atoms with Crippen LogP contribution in [-0.4, -0.2) is 20.7 Å². The lowest BCUT2D eigenvalue weighted by molar-refractivity contribution is -0.111. The van der Waals surface area contributed by atoms with Crippen molar-refractivity contribution in [1.82, 2.24) is 14.8 Å². The summed E-state index contributed by atoms with van der Waals surface area (Å²) in [4.78, 5) is 16.7. The molecule has 0 spiro atoms. The Bertz CT molecular complexity index is 917. The minimum atomic E-state index is -0.160. The summed E-state index contributed by atoms with van der Waals surface area (Å²) in [5, 5.41) is 8.38. The molecule has 25 heavy (non-hydrogen) atoms. The van der Waals surface area contributed by atoms with Gasteiger partial charge in [0.15, 0.2) is 0 Å². The molecule has 2 heterocycles. The van der Waals surface area contributed by atoms with Crippen LogP contribution in [0, 0.1) is 0 Å². The van der Waals surface area contributed by atoms with Crippen LogP contribution in [0.25, 0.3) is 17.0 Å². The van der Waals surface area contributed by atoms with E-state index in [4.69, 9.17) is 0 Å². The van der Waals surface area contributed by atoms with Crippen molar-refractivity contribution in [2.24, 2.45) is 0 Å². The van der Waals surface area contributed by atoms with Gasteiger partial charge in [0.05, 0.1) is 17.8 Å². The number of carbonyl (C=O) groups excluding carboxylic acids is 1. The van der Waals surface area contributed by atoms with Crippen LogP contribution in [0.3, 0.4) is 0 Å². The lowest BCUT2D eigenvalue weighted by atomic mass is 10.1. The van der Waals surface area contributed by atoms with Crippen LogP contribution in [0.4, 0.5) is 5.82 Å². The number of carbonyl (C=O) groups is 1. The van der Waals surface area contributed by atoms with Crippen molar-refractivity contribution in [2.75, 3.05) is 5.32 Å². The predicted octanol–water partition coefficient (Wildman–Crippen LogP) is 4.20. The second-order valence-corrected chi connectivity index (χ2v) is 6.34. The molecule has 1 aromatic carbocycles. The largest absolute Gasteiger partial charge is 0.307 e. The van der Waals surface area contributed by atoms with Crippen LogP contribution in [0.2, 0.25) is 0 Å². The summed E-state index contributed by atoms with van der Waals surface area (Å²) in [6.45, 7) is 0. The molecule has 5 heteroatoms. The van der Waals surface area contributed by atoms with Gasteiger partial charge in [-0.15, -0.1) is 0 Å². The monoisotopic (exact) mass is 332 g/mol. The van der Waals surface area contributed by atoms with Crippen LogP contribution in [0.15, 0.2) is 54.9 Å². The first-order chi connectivity index (χ1) is 12.3. The van der Waals surface area contributed by atoms with Crippen LogP contribution in [-0.2, 0) is 4.79 Å². The summed E-state index contributed by atoms with van der Waals surface area (Å²) in [5.74, 6) is 0.602. The lowest BCUT2D eigenvalue weighted by Crippen LogP contribution is -2.15. The fourth-order valence-electron chi connectivity index (χ4n) is 3.45. The highest BCUT2D eigenvalue weighted by molar-refractivity contribution is 6.02. The first-order valence-electron chi connectivity index (χ1n) is 8.67. The topological polar surface area (TPSA) is 59.8 Å². The molecule has 0 aliphatic heterocycles. The molecule has 5 nitrogen and oxygen atoms in total. The number of anilines is 1. The average molecular weight is 332 g/mol. The van der Waals surface area contributed by atoms with Gasteiger partial charge in [0.1, 0.15) is 5.82 Å². The Morgan fingerprint density at radius 1 is 1.12 bits per heavy atom. The minimum Gasteiger partial charge on any atom is -0.307 e. The van der Waals surface area contributed by atoms with Crippen molar-refractivity contribution in [1.29, 1.82) is 0 Å². The van der Waals surface area contributed by atoms with E-state index in [1.807, 2.05) is 41.1 Å². The first-order valence-corrected chi connectivity index (χ1v) is 8.67. The third kappa shape index (κ3) is 3.31. The number of nitrogens with zero attached hydrogens (tertiary/aromatic N) is 3. The van der Waals surface area contributed by atoms with Gasteiger partial charge in [-0.25, -0.2) is 4.68 Å². The Kier molecular flexibility index (Phi) is 4.29. The third-order valence-electron chi connectivity index (χ3n) is 4.67. The number of rotatable bonds is 4. The molecule has 1 aliphatic rings. The molecule has 1 amide bonds.